The van der Waals surface area contributed by atoms with Gasteiger partial charge in [0.2, 0.25) is 21.7 Å². The van der Waals surface area contributed by atoms with Crippen molar-refractivity contribution in [1.82, 2.24) is 4.98 Å². The number of nitrogens with zero attached hydrogens (tertiary/aromatic N) is 3. The minimum absolute atomic E-state index is 0.0402. The summed E-state index contributed by atoms with van der Waals surface area (Å²) in [5, 5.41) is 13.5. The number of nitrogens with one attached hydrogen (secondary N) is 1. The first-order valence-electron chi connectivity index (χ1n) is 10.2. The SMILES string of the molecule is Cc1ccc(C)c(N2CC(C(=O)Nc3ncc(S(=O)(=O)c4ccc([N+](=O)[O-])cc4)s3)CC2=O)c1. The van der Waals surface area contributed by atoms with Gasteiger partial charge in [0.05, 0.1) is 21.9 Å². The van der Waals surface area contributed by atoms with Crippen molar-refractivity contribution in [2.75, 3.05) is 16.8 Å². The number of thiazole rings is 1. The first-order valence-corrected chi connectivity index (χ1v) is 12.5. The van der Waals surface area contributed by atoms with Crippen molar-refractivity contribution in [2.45, 2.75) is 29.4 Å². The zero-order chi connectivity index (χ0) is 24.6. The summed E-state index contributed by atoms with van der Waals surface area (Å²) in [7, 11) is -3.96. The predicted molar refractivity (Wildman–Crippen MR) is 126 cm³/mol. The van der Waals surface area contributed by atoms with Crippen molar-refractivity contribution in [1.29, 1.82) is 0 Å². The third-order valence-electron chi connectivity index (χ3n) is 5.49. The van der Waals surface area contributed by atoms with Gasteiger partial charge in [-0.05, 0) is 43.2 Å². The van der Waals surface area contributed by atoms with E-state index in [0.29, 0.717) is 0 Å². The summed E-state index contributed by atoms with van der Waals surface area (Å²) in [5.41, 5.74) is 2.48. The lowest BCUT2D eigenvalue weighted by molar-refractivity contribution is -0.384. The maximum absolute atomic E-state index is 12.8. The molecule has 0 aliphatic carbocycles. The molecule has 0 radical (unpaired) electrons. The van der Waals surface area contributed by atoms with Crippen LogP contribution >= 0.6 is 11.3 Å². The average molecular weight is 501 g/mol. The van der Waals surface area contributed by atoms with Crippen LogP contribution in [0.5, 0.6) is 0 Å². The van der Waals surface area contributed by atoms with Crippen molar-refractivity contribution in [3.05, 3.63) is 69.9 Å². The number of hydrogen-bond donors (Lipinski definition) is 1. The van der Waals surface area contributed by atoms with Crippen molar-refractivity contribution >= 4 is 49.5 Å². The van der Waals surface area contributed by atoms with Crippen molar-refractivity contribution in [3.63, 3.8) is 0 Å². The number of hydrogen-bond acceptors (Lipinski definition) is 8. The number of anilines is 2. The molecule has 1 saturated heterocycles. The van der Waals surface area contributed by atoms with Crippen LogP contribution in [0.15, 0.2) is 57.8 Å². The van der Waals surface area contributed by atoms with E-state index in [-0.39, 0.29) is 38.8 Å². The van der Waals surface area contributed by atoms with E-state index in [1.54, 1.807) is 4.90 Å². The van der Waals surface area contributed by atoms with E-state index in [9.17, 15) is 28.1 Å². The molecule has 1 fully saturated rings. The van der Waals surface area contributed by atoms with E-state index in [2.05, 4.69) is 10.3 Å². The lowest BCUT2D eigenvalue weighted by Crippen LogP contribution is -2.28. The van der Waals surface area contributed by atoms with Gasteiger partial charge in [0.15, 0.2) is 5.13 Å². The normalized spacial score (nSPS) is 16.0. The maximum atomic E-state index is 12.8. The number of aryl methyl sites for hydroxylation is 2. The fourth-order valence-electron chi connectivity index (χ4n) is 3.64. The molecule has 0 saturated carbocycles. The summed E-state index contributed by atoms with van der Waals surface area (Å²) in [4.78, 5) is 41.0. The third-order valence-corrected chi connectivity index (χ3v) is 8.63. The van der Waals surface area contributed by atoms with Crippen LogP contribution in [0.4, 0.5) is 16.5 Å². The molecule has 0 spiro atoms. The van der Waals surface area contributed by atoms with Crippen molar-refractivity contribution < 1.29 is 22.9 Å². The molecule has 1 atom stereocenters. The number of carbonyl (C=O) groups is 2. The fraction of sp³-hybridized carbons (Fsp3) is 0.227. The lowest BCUT2D eigenvalue weighted by atomic mass is 10.1. The smallest absolute Gasteiger partial charge is 0.269 e. The maximum Gasteiger partial charge on any atom is 0.269 e. The molecule has 12 heteroatoms. The highest BCUT2D eigenvalue weighted by Gasteiger charge is 2.36. The molecule has 1 aliphatic rings. The van der Waals surface area contributed by atoms with Crippen molar-refractivity contribution in [2.24, 2.45) is 5.92 Å². The van der Waals surface area contributed by atoms with Crippen LogP contribution in [-0.4, -0.2) is 36.7 Å². The molecule has 2 aromatic carbocycles. The Morgan fingerprint density at radius 2 is 1.91 bits per heavy atom. The summed E-state index contributed by atoms with van der Waals surface area (Å²) in [6.45, 7) is 4.05. The fourth-order valence-corrected chi connectivity index (χ4v) is 6.07. The summed E-state index contributed by atoms with van der Waals surface area (Å²) >= 11 is 0.771. The van der Waals surface area contributed by atoms with Crippen LogP contribution in [0.1, 0.15) is 17.5 Å². The van der Waals surface area contributed by atoms with Gasteiger partial charge in [-0.2, -0.15) is 0 Å². The minimum Gasteiger partial charge on any atom is -0.311 e. The molecule has 1 unspecified atom stereocenters. The number of nitro benzene ring substituents is 1. The highest BCUT2D eigenvalue weighted by molar-refractivity contribution is 7.93. The number of nitro groups is 1. The van der Waals surface area contributed by atoms with E-state index in [1.807, 2.05) is 32.0 Å². The van der Waals surface area contributed by atoms with E-state index in [0.717, 1.165) is 58.6 Å². The van der Waals surface area contributed by atoms with Gasteiger partial charge in [0, 0.05) is 30.8 Å². The van der Waals surface area contributed by atoms with Crippen LogP contribution in [0.25, 0.3) is 0 Å². The summed E-state index contributed by atoms with van der Waals surface area (Å²) in [6, 6.07) is 10.3. The second-order valence-electron chi connectivity index (χ2n) is 7.92. The van der Waals surface area contributed by atoms with E-state index >= 15 is 0 Å². The van der Waals surface area contributed by atoms with Gasteiger partial charge >= 0.3 is 0 Å². The zero-order valence-electron chi connectivity index (χ0n) is 18.2. The van der Waals surface area contributed by atoms with Gasteiger partial charge in [-0.15, -0.1) is 0 Å². The summed E-state index contributed by atoms with van der Waals surface area (Å²) in [6.07, 6.45) is 1.16. The zero-order valence-corrected chi connectivity index (χ0v) is 19.9. The van der Waals surface area contributed by atoms with Gasteiger partial charge < -0.3 is 10.2 Å². The second kappa shape index (κ2) is 8.95. The molecule has 3 aromatic rings. The second-order valence-corrected chi connectivity index (χ2v) is 11.1. The molecule has 2 amide bonds. The quantitative estimate of drug-likeness (QED) is 0.404. The van der Waals surface area contributed by atoms with Crippen LogP contribution in [0, 0.1) is 29.9 Å². The van der Waals surface area contributed by atoms with Gasteiger partial charge in [-0.3, -0.25) is 19.7 Å². The Balaban J connectivity index is 1.47. The number of sulfone groups is 1. The number of benzene rings is 2. The number of non-ortho nitro benzene ring substituents is 1. The Bertz CT molecular complexity index is 1400. The molecule has 176 valence electrons. The van der Waals surface area contributed by atoms with Crippen LogP contribution in [0.2, 0.25) is 0 Å². The highest BCUT2D eigenvalue weighted by atomic mass is 32.2. The standard InChI is InChI=1S/C22H20N4O6S2/c1-13-3-4-14(2)18(9-13)25-12-15(10-19(25)27)21(28)24-22-23-11-20(33-22)34(31,32)17-7-5-16(6-8-17)26(29)30/h3-9,11,15H,10,12H2,1-2H3,(H,23,24,28). The largest absolute Gasteiger partial charge is 0.311 e. The predicted octanol–water partition coefficient (Wildman–Crippen LogP) is 3.49. The first-order chi connectivity index (χ1) is 16.1. The molecule has 1 aromatic heterocycles. The summed E-state index contributed by atoms with van der Waals surface area (Å²) < 4.78 is 25.5. The van der Waals surface area contributed by atoms with Gasteiger partial charge in [-0.25, -0.2) is 13.4 Å². The van der Waals surface area contributed by atoms with E-state index < -0.39 is 26.6 Å². The van der Waals surface area contributed by atoms with Crippen LogP contribution in [0.3, 0.4) is 0 Å². The van der Waals surface area contributed by atoms with Gasteiger partial charge in [0.25, 0.3) is 5.69 Å². The minimum atomic E-state index is -3.96. The molecule has 4 rings (SSSR count). The van der Waals surface area contributed by atoms with Gasteiger partial charge in [0.1, 0.15) is 4.21 Å². The van der Waals surface area contributed by atoms with Crippen LogP contribution in [-0.2, 0) is 19.4 Å². The van der Waals surface area contributed by atoms with E-state index in [1.165, 1.54) is 0 Å². The third kappa shape index (κ3) is 4.54. The Morgan fingerprint density at radius 1 is 1.21 bits per heavy atom. The molecular formula is C22H20N4O6S2. The monoisotopic (exact) mass is 500 g/mol. The number of rotatable bonds is 6. The van der Waals surface area contributed by atoms with Gasteiger partial charge in [-0.1, -0.05) is 23.5 Å². The van der Waals surface area contributed by atoms with Crippen LogP contribution < -0.4 is 10.2 Å². The molecule has 1 N–H and O–H groups in total. The average Bonchev–Trinajstić information content (AvgIpc) is 3.42. The number of aromatic nitrogens is 1. The van der Waals surface area contributed by atoms with Crippen molar-refractivity contribution in [3.8, 4) is 0 Å². The van der Waals surface area contributed by atoms with E-state index in [4.69, 9.17) is 0 Å². The summed E-state index contributed by atoms with van der Waals surface area (Å²) in [5.74, 6) is -1.18. The Labute approximate surface area is 199 Å². The molecule has 34 heavy (non-hydrogen) atoms. The Hall–Kier alpha value is -3.64. The molecule has 1 aliphatic heterocycles. The molecule has 2 heterocycles. The molecule has 0 bridgehead atoms. The first kappa shape index (κ1) is 23.5. The Morgan fingerprint density at radius 3 is 2.59 bits per heavy atom. The Kier molecular flexibility index (Phi) is 6.19. The topological polar surface area (TPSA) is 140 Å². The molecular weight excluding hydrogens is 480 g/mol. The number of amides is 2. The molecule has 10 nitrogen and oxygen atoms in total. The highest BCUT2D eigenvalue weighted by Crippen LogP contribution is 2.32. The number of carbonyl (C=O) groups excluding carboxylic acids is 2. The lowest BCUT2D eigenvalue weighted by Gasteiger charge is -2.19.